The minimum Gasteiger partial charge on any atom is -0.394 e. The molecule has 13 N–H and O–H groups in total. The van der Waals surface area contributed by atoms with E-state index in [9.17, 15) is 67.4 Å². The first kappa shape index (κ1) is 74.5. The van der Waals surface area contributed by atoms with Crippen molar-refractivity contribution in [1.82, 2.24) is 57.2 Å². The van der Waals surface area contributed by atoms with Crippen molar-refractivity contribution < 1.29 is 67.4 Å². The van der Waals surface area contributed by atoms with Gasteiger partial charge in [-0.3, -0.25) is 62.3 Å². The van der Waals surface area contributed by atoms with Crippen molar-refractivity contribution in [2.45, 2.75) is 134 Å². The zero-order chi connectivity index (χ0) is 66.7. The SMILES string of the molecule is CC(C)C[C@@H](C(=O)N[C@@H](C)C(=O)NC(C(=O)N[C@@H](Cc1ccccc1)C(=O)N[C@@H](CC(=O)SCc1ccccc1)C(=O)N(C)[C@@H](C)C(=O)N[C@@H](CO)C(=O)NCC(N)=O)C(C)C)N(C)C(=O)CNC(=O)[C@H](Cc1ccccc1)N(C)C(=O)[C@H](C)NC(=O)CN. The lowest BCUT2D eigenvalue weighted by Gasteiger charge is -2.32. The fourth-order valence-corrected chi connectivity index (χ4v) is 9.68. The molecule has 89 heavy (non-hydrogen) atoms. The quantitative estimate of drug-likeness (QED) is 0.0308. The molecule has 0 aliphatic carbocycles. The molecule has 0 saturated heterocycles. The number of carbonyl (C=O) groups is 13. The van der Waals surface area contributed by atoms with E-state index >= 15 is 0 Å². The number of amides is 12. The van der Waals surface area contributed by atoms with Crippen molar-refractivity contribution >= 4 is 87.8 Å². The smallest absolute Gasteiger partial charge is 0.246 e. The number of aliphatic hydroxyl groups is 1. The molecule has 12 amide bonds. The molecule has 1 unspecified atom stereocenters. The summed E-state index contributed by atoms with van der Waals surface area (Å²) in [4.78, 5) is 179. The van der Waals surface area contributed by atoms with E-state index in [0.29, 0.717) is 11.1 Å². The van der Waals surface area contributed by atoms with E-state index in [4.69, 9.17) is 11.5 Å². The van der Waals surface area contributed by atoms with Crippen molar-refractivity contribution in [2.75, 3.05) is 47.4 Å². The van der Waals surface area contributed by atoms with E-state index in [1.165, 1.54) is 46.8 Å². The van der Waals surface area contributed by atoms with Gasteiger partial charge < -0.3 is 73.8 Å². The molecule has 0 aromatic heterocycles. The number of hydrogen-bond acceptors (Lipinski definition) is 16. The largest absolute Gasteiger partial charge is 0.394 e. The van der Waals surface area contributed by atoms with E-state index in [1.54, 1.807) is 105 Å². The van der Waals surface area contributed by atoms with Crippen LogP contribution >= 0.6 is 11.8 Å². The van der Waals surface area contributed by atoms with Crippen molar-refractivity contribution in [3.8, 4) is 0 Å². The fraction of sp³-hybridized carbons (Fsp3) is 0.492. The Morgan fingerprint density at radius 3 is 1.56 bits per heavy atom. The van der Waals surface area contributed by atoms with E-state index in [0.717, 1.165) is 27.1 Å². The second-order valence-electron chi connectivity index (χ2n) is 22.2. The number of benzene rings is 3. The number of rotatable bonds is 35. The number of nitrogens with one attached hydrogen (secondary N) is 8. The van der Waals surface area contributed by atoms with Gasteiger partial charge in [-0.05, 0) is 55.7 Å². The lowest BCUT2D eigenvalue weighted by molar-refractivity contribution is -0.143. The first-order chi connectivity index (χ1) is 42.0. The summed E-state index contributed by atoms with van der Waals surface area (Å²) in [5.41, 5.74) is 12.6. The van der Waals surface area contributed by atoms with Gasteiger partial charge in [0.2, 0.25) is 70.9 Å². The molecule has 0 radical (unpaired) electrons. The van der Waals surface area contributed by atoms with Gasteiger partial charge in [-0.2, -0.15) is 0 Å². The summed E-state index contributed by atoms with van der Waals surface area (Å²) in [7, 11) is 3.97. The topological polar surface area (TPSA) is 400 Å². The molecule has 486 valence electrons. The van der Waals surface area contributed by atoms with Crippen molar-refractivity contribution in [1.29, 1.82) is 0 Å². The Labute approximate surface area is 523 Å². The third-order valence-corrected chi connectivity index (χ3v) is 15.3. The minimum absolute atomic E-state index is 0.0467. The van der Waals surface area contributed by atoms with E-state index < -0.39 is 162 Å². The van der Waals surface area contributed by atoms with Crippen LogP contribution < -0.4 is 54.0 Å². The highest BCUT2D eigenvalue weighted by atomic mass is 32.2. The number of hydrogen-bond donors (Lipinski definition) is 11. The molecule has 0 aliphatic rings. The van der Waals surface area contributed by atoms with Gasteiger partial charge in [0.05, 0.1) is 26.2 Å². The Kier molecular flexibility index (Phi) is 31.1. The number of nitrogens with zero attached hydrogens (tertiary/aromatic N) is 3. The predicted molar refractivity (Wildman–Crippen MR) is 332 cm³/mol. The summed E-state index contributed by atoms with van der Waals surface area (Å²) in [6.45, 7) is 8.54. The maximum atomic E-state index is 14.6. The lowest BCUT2D eigenvalue weighted by atomic mass is 10.00. The normalized spacial score (nSPS) is 14.0. The summed E-state index contributed by atoms with van der Waals surface area (Å²) in [6.07, 6.45) is -0.595. The van der Waals surface area contributed by atoms with E-state index in [-0.39, 0.29) is 37.5 Å². The Hall–Kier alpha value is -8.76. The van der Waals surface area contributed by atoms with Gasteiger partial charge in [0, 0.05) is 46.2 Å². The summed E-state index contributed by atoms with van der Waals surface area (Å²) >= 11 is 0.870. The van der Waals surface area contributed by atoms with Crippen LogP contribution in [0.25, 0.3) is 0 Å². The minimum atomic E-state index is -1.64. The zero-order valence-corrected chi connectivity index (χ0v) is 52.9. The summed E-state index contributed by atoms with van der Waals surface area (Å²) in [6, 6.07) is 14.2. The van der Waals surface area contributed by atoms with E-state index in [1.807, 2.05) is 13.8 Å². The van der Waals surface area contributed by atoms with Gasteiger partial charge in [-0.1, -0.05) is 130 Å². The monoisotopic (exact) mass is 1260 g/mol. The van der Waals surface area contributed by atoms with Crippen LogP contribution in [-0.2, 0) is 80.9 Å². The molecule has 27 nitrogen and oxygen atoms in total. The summed E-state index contributed by atoms with van der Waals surface area (Å²) in [5, 5.41) is 29.5. The molecule has 0 spiro atoms. The number of thioether (sulfide) groups is 1. The van der Waals surface area contributed by atoms with Crippen molar-refractivity contribution in [2.24, 2.45) is 23.3 Å². The van der Waals surface area contributed by atoms with Gasteiger partial charge in [0.15, 0.2) is 5.12 Å². The van der Waals surface area contributed by atoms with Crippen LogP contribution in [0.5, 0.6) is 0 Å². The molecular weight excluding hydrogens is 1170 g/mol. The summed E-state index contributed by atoms with van der Waals surface area (Å²) < 4.78 is 0. The molecule has 0 saturated carbocycles. The van der Waals surface area contributed by atoms with Crippen LogP contribution in [0.3, 0.4) is 0 Å². The molecule has 3 aromatic rings. The second kappa shape index (κ2) is 37.2. The molecule has 0 fully saturated rings. The maximum Gasteiger partial charge on any atom is 0.246 e. The molecule has 0 aliphatic heterocycles. The Bertz CT molecular complexity index is 2920. The highest BCUT2D eigenvalue weighted by molar-refractivity contribution is 8.12. The zero-order valence-electron chi connectivity index (χ0n) is 52.0. The third kappa shape index (κ3) is 24.7. The van der Waals surface area contributed by atoms with Gasteiger partial charge in [0.25, 0.3) is 0 Å². The van der Waals surface area contributed by atoms with Crippen LogP contribution in [0.2, 0.25) is 0 Å². The van der Waals surface area contributed by atoms with Gasteiger partial charge in [0.1, 0.15) is 54.4 Å². The Balaban J connectivity index is 1.85. The van der Waals surface area contributed by atoms with Gasteiger partial charge in [-0.15, -0.1) is 0 Å². The van der Waals surface area contributed by atoms with Crippen LogP contribution in [0.15, 0.2) is 91.0 Å². The molecule has 0 bridgehead atoms. The molecular formula is C61H87N13O14S. The number of nitrogens with two attached hydrogens (primary N) is 2. The summed E-state index contributed by atoms with van der Waals surface area (Å²) in [5.74, 6) is -10.2. The van der Waals surface area contributed by atoms with E-state index in [2.05, 4.69) is 42.5 Å². The van der Waals surface area contributed by atoms with Crippen LogP contribution in [-0.4, -0.2) is 198 Å². The number of primary amides is 1. The Morgan fingerprint density at radius 1 is 0.506 bits per heavy atom. The van der Waals surface area contributed by atoms with Gasteiger partial charge >= 0.3 is 0 Å². The third-order valence-electron chi connectivity index (χ3n) is 14.3. The average Bonchev–Trinajstić information content (AvgIpc) is 3.66. The van der Waals surface area contributed by atoms with Crippen molar-refractivity contribution in [3.05, 3.63) is 108 Å². The standard InChI is InChI=1S/C61H87N13O14S/c1-35(2)26-46(73(9)50(78)32-65-57(84)47(28-41-22-16-12-17-23-41)74(10)60(87)38(6)66-49(77)30-62)58(85)67-37(5)53(80)71-52(36(3)4)59(86)68-43(27-40-20-14-11-15-21-40)56(83)69-44(29-51(79)89-34-42-24-18-13-19-25-42)61(88)72(8)39(7)54(81)70-45(33-75)55(82)64-31-48(63)76/h11-25,35-39,43-47,52,75H,26-34,62H2,1-10H3,(H2,63,76)(H,64,82)(H,65,84)(H,66,77)(H,67,85)(H,68,86)(H,69,83)(H,70,81)(H,71,80)/t37-,38-,39-,43-,44-,45-,46-,47-,52?/m0/s1. The number of aliphatic hydroxyl groups excluding tert-OH is 1. The molecule has 9 atom stereocenters. The second-order valence-corrected chi connectivity index (χ2v) is 23.2. The maximum absolute atomic E-state index is 14.6. The van der Waals surface area contributed by atoms with Crippen LogP contribution in [0.1, 0.15) is 78.0 Å². The van der Waals surface area contributed by atoms with Crippen molar-refractivity contribution in [3.63, 3.8) is 0 Å². The first-order valence-electron chi connectivity index (χ1n) is 29.0. The van der Waals surface area contributed by atoms with Crippen LogP contribution in [0, 0.1) is 11.8 Å². The fourth-order valence-electron chi connectivity index (χ4n) is 8.87. The van der Waals surface area contributed by atoms with Crippen LogP contribution in [0.4, 0.5) is 0 Å². The highest BCUT2D eigenvalue weighted by Crippen LogP contribution is 2.19. The molecule has 3 rings (SSSR count). The molecule has 28 heteroatoms. The molecule has 3 aromatic carbocycles. The predicted octanol–water partition coefficient (Wildman–Crippen LogP) is -1.86. The lowest BCUT2D eigenvalue weighted by Crippen LogP contribution is -2.61. The Morgan fingerprint density at radius 2 is 1.03 bits per heavy atom. The molecule has 0 heterocycles. The number of carbonyl (C=O) groups excluding carboxylic acids is 13. The average molecular weight is 1260 g/mol. The number of likely N-dealkylation sites (N-methyl/N-ethyl adjacent to an activating group) is 3. The highest BCUT2D eigenvalue weighted by Gasteiger charge is 2.38. The first-order valence-corrected chi connectivity index (χ1v) is 30.0. The van der Waals surface area contributed by atoms with Gasteiger partial charge in [-0.25, -0.2) is 0 Å².